The van der Waals surface area contributed by atoms with Crippen LogP contribution in [0.4, 0.5) is 0 Å². The Kier molecular flexibility index (Phi) is 4.02. The number of pyridine rings is 2. The molecule has 30 heavy (non-hydrogen) atoms. The van der Waals surface area contributed by atoms with Crippen LogP contribution < -0.4 is 5.56 Å². The highest BCUT2D eigenvalue weighted by Gasteiger charge is 2.39. The summed E-state index contributed by atoms with van der Waals surface area (Å²) in [7, 11) is 0. The highest BCUT2D eigenvalue weighted by molar-refractivity contribution is 5.89. The maximum atomic E-state index is 13.4. The SMILES string of the molecule is CCc1c2c(nc3ccc(O)cc13)-c1cc3c(c(=O)n1C2)COC(=O)CC3(O)CC. The van der Waals surface area contributed by atoms with Crippen molar-refractivity contribution in [1.82, 2.24) is 9.55 Å². The summed E-state index contributed by atoms with van der Waals surface area (Å²) in [6, 6.07) is 6.87. The second-order valence-corrected chi connectivity index (χ2v) is 8.01. The van der Waals surface area contributed by atoms with Gasteiger partial charge in [-0.05, 0) is 48.2 Å². The van der Waals surface area contributed by atoms with E-state index in [2.05, 4.69) is 0 Å². The molecule has 2 N–H and O–H groups in total. The predicted octanol–water partition coefficient (Wildman–Crippen LogP) is 2.74. The van der Waals surface area contributed by atoms with E-state index >= 15 is 0 Å². The first kappa shape index (κ1) is 18.8. The molecule has 2 aliphatic rings. The maximum absolute atomic E-state index is 13.4. The van der Waals surface area contributed by atoms with Gasteiger partial charge in [-0.15, -0.1) is 0 Å². The molecule has 1 atom stereocenters. The first-order valence-electron chi connectivity index (χ1n) is 10.2. The zero-order valence-electron chi connectivity index (χ0n) is 16.9. The summed E-state index contributed by atoms with van der Waals surface area (Å²) in [5.74, 6) is -0.342. The van der Waals surface area contributed by atoms with E-state index in [4.69, 9.17) is 9.72 Å². The fourth-order valence-corrected chi connectivity index (χ4v) is 4.75. The number of carbonyl (C=O) groups is 1. The van der Waals surface area contributed by atoms with E-state index in [1.165, 1.54) is 0 Å². The Labute approximate surface area is 172 Å². The van der Waals surface area contributed by atoms with Gasteiger partial charge in [0.2, 0.25) is 0 Å². The molecule has 0 spiro atoms. The Balaban J connectivity index is 1.82. The molecule has 1 unspecified atom stereocenters. The number of aromatic nitrogens is 2. The molecule has 0 bridgehead atoms. The van der Waals surface area contributed by atoms with Crippen LogP contribution in [0, 0.1) is 0 Å². The van der Waals surface area contributed by atoms with Gasteiger partial charge < -0.3 is 19.5 Å². The van der Waals surface area contributed by atoms with Gasteiger partial charge >= 0.3 is 5.97 Å². The highest BCUT2D eigenvalue weighted by atomic mass is 16.5. The number of fused-ring (bicyclic) bond motifs is 5. The van der Waals surface area contributed by atoms with Gasteiger partial charge in [0.05, 0.1) is 35.4 Å². The molecule has 0 aliphatic carbocycles. The lowest BCUT2D eigenvalue weighted by Crippen LogP contribution is -2.32. The Morgan fingerprint density at radius 1 is 1.20 bits per heavy atom. The quantitative estimate of drug-likeness (QED) is 0.497. The van der Waals surface area contributed by atoms with Crippen LogP contribution >= 0.6 is 0 Å². The molecule has 0 radical (unpaired) electrons. The van der Waals surface area contributed by atoms with E-state index in [1.807, 2.05) is 6.92 Å². The van der Waals surface area contributed by atoms with E-state index in [9.17, 15) is 19.8 Å². The van der Waals surface area contributed by atoms with Crippen LogP contribution in [0.1, 0.15) is 48.9 Å². The zero-order chi connectivity index (χ0) is 21.2. The van der Waals surface area contributed by atoms with Gasteiger partial charge in [-0.25, -0.2) is 4.98 Å². The van der Waals surface area contributed by atoms with Gasteiger partial charge in [-0.3, -0.25) is 9.59 Å². The summed E-state index contributed by atoms with van der Waals surface area (Å²) in [5, 5.41) is 22.0. The lowest BCUT2D eigenvalue weighted by molar-refractivity contribution is -0.149. The van der Waals surface area contributed by atoms with Gasteiger partial charge in [0, 0.05) is 10.9 Å². The number of hydrogen-bond donors (Lipinski definition) is 2. The minimum Gasteiger partial charge on any atom is -0.508 e. The van der Waals surface area contributed by atoms with E-state index in [0.717, 1.165) is 28.5 Å². The highest BCUT2D eigenvalue weighted by Crippen LogP contribution is 2.40. The van der Waals surface area contributed by atoms with Crippen molar-refractivity contribution in [2.75, 3.05) is 0 Å². The minimum absolute atomic E-state index is 0.143. The van der Waals surface area contributed by atoms with Crippen LogP contribution in [-0.4, -0.2) is 25.7 Å². The number of aromatic hydroxyl groups is 1. The number of rotatable bonds is 2. The standard InChI is InChI=1S/C23H22N2O5/c1-3-13-14-7-12(26)5-6-18(14)24-21-15(13)10-25-19(21)8-17-16(22(25)28)11-30-20(27)9-23(17,29)4-2/h5-8,26,29H,3-4,9-11H2,1-2H3. The number of ether oxygens (including phenoxy) is 1. The molecule has 1 aromatic carbocycles. The number of phenols is 1. The largest absolute Gasteiger partial charge is 0.508 e. The van der Waals surface area contributed by atoms with Gasteiger partial charge in [0.25, 0.3) is 5.56 Å². The van der Waals surface area contributed by atoms with Crippen molar-refractivity contribution in [3.8, 4) is 17.1 Å². The van der Waals surface area contributed by atoms with Crippen molar-refractivity contribution in [2.45, 2.75) is 51.9 Å². The molecule has 7 nitrogen and oxygen atoms in total. The van der Waals surface area contributed by atoms with Crippen LogP contribution in [0.5, 0.6) is 5.75 Å². The predicted molar refractivity (Wildman–Crippen MR) is 110 cm³/mol. The molecule has 154 valence electrons. The monoisotopic (exact) mass is 406 g/mol. The third-order valence-electron chi connectivity index (χ3n) is 6.40. The lowest BCUT2D eigenvalue weighted by Gasteiger charge is -2.26. The first-order chi connectivity index (χ1) is 14.4. The molecular formula is C23H22N2O5. The number of aryl methyl sites for hydroxylation is 1. The van der Waals surface area contributed by atoms with Crippen LogP contribution in [0.15, 0.2) is 29.1 Å². The Morgan fingerprint density at radius 3 is 2.73 bits per heavy atom. The molecule has 0 fully saturated rings. The molecule has 0 saturated heterocycles. The average Bonchev–Trinajstić information content (AvgIpc) is 3.03. The second kappa shape index (κ2) is 6.40. The van der Waals surface area contributed by atoms with Crippen molar-refractivity contribution in [1.29, 1.82) is 0 Å². The molecular weight excluding hydrogens is 384 g/mol. The topological polar surface area (TPSA) is 102 Å². The van der Waals surface area contributed by atoms with Crippen LogP contribution in [0.3, 0.4) is 0 Å². The fourth-order valence-electron chi connectivity index (χ4n) is 4.75. The van der Waals surface area contributed by atoms with E-state index in [-0.39, 0.29) is 30.8 Å². The smallest absolute Gasteiger partial charge is 0.309 e. The number of nitrogens with zero attached hydrogens (tertiary/aromatic N) is 2. The molecule has 3 aromatic rings. The van der Waals surface area contributed by atoms with E-state index in [0.29, 0.717) is 29.1 Å². The van der Waals surface area contributed by atoms with Crippen molar-refractivity contribution >= 4 is 16.9 Å². The van der Waals surface area contributed by atoms with Gasteiger partial charge in [0.15, 0.2) is 0 Å². The normalized spacial score (nSPS) is 19.8. The Morgan fingerprint density at radius 2 is 2.00 bits per heavy atom. The third kappa shape index (κ3) is 2.51. The van der Waals surface area contributed by atoms with Crippen molar-refractivity contribution < 1.29 is 19.7 Å². The van der Waals surface area contributed by atoms with E-state index in [1.54, 1.807) is 35.8 Å². The first-order valence-corrected chi connectivity index (χ1v) is 10.2. The number of aliphatic hydroxyl groups is 1. The molecule has 7 heteroatoms. The Bertz CT molecular complexity index is 1290. The zero-order valence-corrected chi connectivity index (χ0v) is 16.9. The van der Waals surface area contributed by atoms with Gasteiger partial charge in [-0.1, -0.05) is 13.8 Å². The number of phenolic OH excluding ortho intramolecular Hbond substituents is 1. The molecule has 0 amide bonds. The van der Waals surface area contributed by atoms with Crippen LogP contribution in [-0.2, 0) is 34.7 Å². The molecule has 2 aromatic heterocycles. The van der Waals surface area contributed by atoms with E-state index < -0.39 is 11.6 Å². The van der Waals surface area contributed by atoms with Crippen molar-refractivity contribution in [3.05, 3.63) is 56.9 Å². The number of esters is 1. The number of benzene rings is 1. The molecule has 4 heterocycles. The van der Waals surface area contributed by atoms with Gasteiger partial charge in [-0.2, -0.15) is 0 Å². The maximum Gasteiger partial charge on any atom is 0.309 e. The van der Waals surface area contributed by atoms with Crippen LogP contribution in [0.25, 0.3) is 22.3 Å². The number of hydrogen-bond acceptors (Lipinski definition) is 6. The van der Waals surface area contributed by atoms with Crippen molar-refractivity contribution in [3.63, 3.8) is 0 Å². The lowest BCUT2D eigenvalue weighted by atomic mass is 9.85. The minimum atomic E-state index is -1.45. The molecule has 5 rings (SSSR count). The summed E-state index contributed by atoms with van der Waals surface area (Å²) in [5.41, 5.74) is 3.13. The Hall–Kier alpha value is -3.19. The third-order valence-corrected chi connectivity index (χ3v) is 6.40. The van der Waals surface area contributed by atoms with Crippen molar-refractivity contribution in [2.24, 2.45) is 0 Å². The summed E-state index contributed by atoms with van der Waals surface area (Å²) in [4.78, 5) is 30.2. The second-order valence-electron chi connectivity index (χ2n) is 8.01. The average molecular weight is 406 g/mol. The van der Waals surface area contributed by atoms with Crippen LogP contribution in [0.2, 0.25) is 0 Å². The fraction of sp³-hybridized carbons (Fsp3) is 0.348. The van der Waals surface area contributed by atoms with Gasteiger partial charge in [0.1, 0.15) is 18.0 Å². The summed E-state index contributed by atoms with van der Waals surface area (Å²) >= 11 is 0. The molecule has 0 saturated carbocycles. The number of cyclic esters (lactones) is 1. The summed E-state index contributed by atoms with van der Waals surface area (Å²) in [6.07, 6.45) is 0.830. The summed E-state index contributed by atoms with van der Waals surface area (Å²) in [6.45, 7) is 4.04. The summed E-state index contributed by atoms with van der Waals surface area (Å²) < 4.78 is 6.85. The number of carbonyl (C=O) groups excluding carboxylic acids is 1. The molecule has 2 aliphatic heterocycles.